The molecule has 4 rings (SSSR count). The molecule has 4 nitrogen and oxygen atoms in total. The minimum absolute atomic E-state index is 0.167. The van der Waals surface area contributed by atoms with Crippen LogP contribution in [0.15, 0.2) is 45.6 Å². The van der Waals surface area contributed by atoms with Crippen LogP contribution in [0.1, 0.15) is 67.7 Å². The molecule has 1 aliphatic rings. The second-order valence-corrected chi connectivity index (χ2v) is 8.37. The topological polar surface area (TPSA) is 49.2 Å². The maximum atomic E-state index is 13.5. The largest absolute Gasteiger partial charge is 0.417 e. The molecular formula is C24H29FN2O2. The molecule has 3 aromatic rings. The predicted molar refractivity (Wildman–Crippen MR) is 114 cm³/mol. The number of fused-ring (bicyclic) bond motifs is 1. The molecule has 29 heavy (non-hydrogen) atoms. The van der Waals surface area contributed by atoms with Gasteiger partial charge >= 0.3 is 5.76 Å². The van der Waals surface area contributed by atoms with Crippen LogP contribution < -0.4 is 5.76 Å². The van der Waals surface area contributed by atoms with Crippen LogP contribution >= 0.6 is 0 Å². The van der Waals surface area contributed by atoms with Gasteiger partial charge in [-0.1, -0.05) is 19.1 Å². The van der Waals surface area contributed by atoms with Crippen molar-refractivity contribution in [2.24, 2.45) is 0 Å². The average Bonchev–Trinajstić information content (AvgIpc) is 3.09. The van der Waals surface area contributed by atoms with Crippen LogP contribution in [0, 0.1) is 12.7 Å². The highest BCUT2D eigenvalue weighted by Crippen LogP contribution is 2.38. The van der Waals surface area contributed by atoms with E-state index in [1.807, 2.05) is 25.1 Å². The lowest BCUT2D eigenvalue weighted by Gasteiger charge is -2.39. The summed E-state index contributed by atoms with van der Waals surface area (Å²) in [6.07, 6.45) is 5.51. The van der Waals surface area contributed by atoms with Crippen LogP contribution in [0.3, 0.4) is 0 Å². The number of rotatable bonds is 5. The van der Waals surface area contributed by atoms with Crippen molar-refractivity contribution in [1.82, 2.24) is 9.88 Å². The Bertz CT molecular complexity index is 1050. The third-order valence-corrected chi connectivity index (χ3v) is 6.66. The lowest BCUT2D eigenvalue weighted by molar-refractivity contribution is 0.127. The zero-order valence-corrected chi connectivity index (χ0v) is 17.4. The van der Waals surface area contributed by atoms with Gasteiger partial charge in [-0.3, -0.25) is 9.88 Å². The molecule has 0 radical (unpaired) electrons. The second kappa shape index (κ2) is 8.15. The summed E-state index contributed by atoms with van der Waals surface area (Å²) in [5, 5.41) is 0. The first-order valence-corrected chi connectivity index (χ1v) is 10.6. The van der Waals surface area contributed by atoms with Crippen molar-refractivity contribution in [1.29, 1.82) is 0 Å². The molecular weight excluding hydrogens is 367 g/mol. The smallest absolute Gasteiger partial charge is 0.408 e. The van der Waals surface area contributed by atoms with Crippen LogP contribution in [0.4, 0.5) is 4.39 Å². The van der Waals surface area contributed by atoms with Crippen LogP contribution in [0.5, 0.6) is 0 Å². The van der Waals surface area contributed by atoms with Crippen LogP contribution in [-0.2, 0) is 0 Å². The third-order valence-electron chi connectivity index (χ3n) is 6.66. The second-order valence-electron chi connectivity index (χ2n) is 8.37. The Hall–Kier alpha value is -2.40. The highest BCUT2D eigenvalue weighted by Gasteiger charge is 2.29. The van der Waals surface area contributed by atoms with E-state index in [2.05, 4.69) is 29.9 Å². The molecule has 0 amide bonds. The number of oxazole rings is 1. The first-order valence-electron chi connectivity index (χ1n) is 10.6. The first-order chi connectivity index (χ1) is 14.0. The van der Waals surface area contributed by atoms with Crippen molar-refractivity contribution < 1.29 is 8.81 Å². The van der Waals surface area contributed by atoms with E-state index in [1.165, 1.54) is 11.1 Å². The number of hydrogen-bond acceptors (Lipinski definition) is 3. The third kappa shape index (κ3) is 4.01. The summed E-state index contributed by atoms with van der Waals surface area (Å²) in [4.78, 5) is 16.6. The Balaban J connectivity index is 1.45. The fourth-order valence-electron chi connectivity index (χ4n) is 5.03. The summed E-state index contributed by atoms with van der Waals surface area (Å²) < 4.78 is 18.8. The van der Waals surface area contributed by atoms with Crippen molar-refractivity contribution in [3.05, 3.63) is 69.5 Å². The van der Waals surface area contributed by atoms with Gasteiger partial charge in [-0.05, 0) is 92.9 Å². The summed E-state index contributed by atoms with van der Waals surface area (Å²) in [7, 11) is 2.21. The summed E-state index contributed by atoms with van der Waals surface area (Å²) in [6.45, 7) is 4.21. The van der Waals surface area contributed by atoms with E-state index in [4.69, 9.17) is 4.42 Å². The Morgan fingerprint density at radius 2 is 1.93 bits per heavy atom. The maximum absolute atomic E-state index is 13.5. The number of benzene rings is 2. The molecule has 0 aliphatic heterocycles. The zero-order valence-electron chi connectivity index (χ0n) is 17.4. The molecule has 1 N–H and O–H groups in total. The molecule has 5 heteroatoms. The molecule has 2 aromatic carbocycles. The fraction of sp³-hybridized carbons (Fsp3) is 0.458. The van der Waals surface area contributed by atoms with E-state index in [-0.39, 0.29) is 5.82 Å². The van der Waals surface area contributed by atoms with Gasteiger partial charge in [-0.25, -0.2) is 9.18 Å². The van der Waals surface area contributed by atoms with Crippen molar-refractivity contribution in [2.45, 2.75) is 64.0 Å². The number of nitrogens with zero attached hydrogens (tertiary/aromatic N) is 1. The van der Waals surface area contributed by atoms with Gasteiger partial charge in [0.2, 0.25) is 0 Å². The minimum atomic E-state index is -0.399. The van der Waals surface area contributed by atoms with E-state index in [0.717, 1.165) is 43.2 Å². The monoisotopic (exact) mass is 396 g/mol. The molecule has 1 heterocycles. The fourth-order valence-corrected chi connectivity index (χ4v) is 5.03. The predicted octanol–water partition coefficient (Wildman–Crippen LogP) is 5.68. The maximum Gasteiger partial charge on any atom is 0.417 e. The Morgan fingerprint density at radius 3 is 2.62 bits per heavy atom. The number of aromatic amines is 1. The van der Waals surface area contributed by atoms with Crippen LogP contribution in [0.2, 0.25) is 0 Å². The minimum Gasteiger partial charge on any atom is -0.408 e. The van der Waals surface area contributed by atoms with Gasteiger partial charge in [-0.15, -0.1) is 0 Å². The van der Waals surface area contributed by atoms with Gasteiger partial charge < -0.3 is 4.42 Å². The Kier molecular flexibility index (Phi) is 5.59. The van der Waals surface area contributed by atoms with Gasteiger partial charge in [0.1, 0.15) is 5.82 Å². The molecule has 154 valence electrons. The van der Waals surface area contributed by atoms with E-state index in [1.54, 1.807) is 12.1 Å². The van der Waals surface area contributed by atoms with Gasteiger partial charge in [0.05, 0.1) is 5.52 Å². The molecule has 1 aliphatic carbocycles. The van der Waals surface area contributed by atoms with Crippen molar-refractivity contribution >= 4 is 11.1 Å². The van der Waals surface area contributed by atoms with Crippen LogP contribution in [0.25, 0.3) is 11.1 Å². The summed E-state index contributed by atoms with van der Waals surface area (Å²) in [5.41, 5.74) is 4.91. The summed E-state index contributed by atoms with van der Waals surface area (Å²) >= 11 is 0. The molecule has 1 aromatic heterocycles. The average molecular weight is 397 g/mol. The number of halogens is 1. The van der Waals surface area contributed by atoms with Gasteiger partial charge in [0, 0.05) is 12.1 Å². The molecule has 1 atom stereocenters. The van der Waals surface area contributed by atoms with Crippen molar-refractivity contribution in [3.63, 3.8) is 0 Å². The molecule has 1 saturated carbocycles. The van der Waals surface area contributed by atoms with Gasteiger partial charge in [-0.2, -0.15) is 0 Å². The quantitative estimate of drug-likeness (QED) is 0.604. The highest BCUT2D eigenvalue weighted by atomic mass is 19.1. The molecule has 0 spiro atoms. The number of hydrogen-bond donors (Lipinski definition) is 1. The lowest BCUT2D eigenvalue weighted by Crippen LogP contribution is -2.37. The molecule has 0 bridgehead atoms. The molecule has 1 unspecified atom stereocenters. The number of nitrogens with one attached hydrogen (secondary N) is 1. The van der Waals surface area contributed by atoms with E-state index >= 15 is 0 Å². The zero-order chi connectivity index (χ0) is 20.5. The van der Waals surface area contributed by atoms with Crippen molar-refractivity contribution in [3.8, 4) is 0 Å². The van der Waals surface area contributed by atoms with Crippen LogP contribution in [-0.4, -0.2) is 23.0 Å². The van der Waals surface area contributed by atoms with Gasteiger partial charge in [0.25, 0.3) is 0 Å². The molecule has 0 saturated heterocycles. The van der Waals surface area contributed by atoms with E-state index in [0.29, 0.717) is 23.6 Å². The first kappa shape index (κ1) is 19.9. The summed E-state index contributed by atoms with van der Waals surface area (Å²) in [6, 6.07) is 12.1. The Labute approximate surface area is 170 Å². The SMILES string of the molecule is CCC(c1ccc(F)cc1C)N(C)C1CCC(c2ccc3[nH]c(=O)oc3c2)CC1. The molecule has 1 fully saturated rings. The number of aryl methyl sites for hydroxylation is 1. The number of H-pyrrole nitrogens is 1. The van der Waals surface area contributed by atoms with Crippen molar-refractivity contribution in [2.75, 3.05) is 7.05 Å². The number of aromatic nitrogens is 1. The Morgan fingerprint density at radius 1 is 1.17 bits per heavy atom. The van der Waals surface area contributed by atoms with E-state index in [9.17, 15) is 9.18 Å². The normalized spacial score (nSPS) is 21.0. The lowest BCUT2D eigenvalue weighted by atomic mass is 9.80. The standard InChI is InChI=1S/C24H29FN2O2/c1-4-22(20-11-8-18(25)13-15(20)2)27(3)19-9-5-16(6-10-19)17-7-12-21-23(14-17)29-24(28)26-21/h7-8,11-14,16,19,22H,4-6,9-10H2,1-3H3,(H,26,28). The van der Waals surface area contributed by atoms with Gasteiger partial charge in [0.15, 0.2) is 5.58 Å². The van der Waals surface area contributed by atoms with E-state index < -0.39 is 5.76 Å². The summed E-state index contributed by atoms with van der Waals surface area (Å²) in [5.74, 6) is -0.0689. The highest BCUT2D eigenvalue weighted by molar-refractivity contribution is 5.72.